The molecule has 2 aromatic heterocycles. The highest BCUT2D eigenvalue weighted by molar-refractivity contribution is 7.89. The number of nitrogens with zero attached hydrogens (tertiary/aromatic N) is 3. The third-order valence-electron chi connectivity index (χ3n) is 5.53. The molecule has 0 atom stereocenters. The van der Waals surface area contributed by atoms with Crippen molar-refractivity contribution in [3.05, 3.63) is 65.0 Å². The summed E-state index contributed by atoms with van der Waals surface area (Å²) in [6.45, 7) is 4.35. The lowest BCUT2D eigenvalue weighted by Crippen LogP contribution is -2.30. The van der Waals surface area contributed by atoms with Gasteiger partial charge in [-0.2, -0.15) is 4.31 Å². The SMILES string of the molecule is CCN(CC)S(=O)(=O)c1cc2cccc3c2c(c1)c(=O)n1c2ccccc2nc31. The second-order valence-corrected chi connectivity index (χ2v) is 8.97. The van der Waals surface area contributed by atoms with Crippen LogP contribution in [0, 0.1) is 0 Å². The highest BCUT2D eigenvalue weighted by Gasteiger charge is 2.24. The van der Waals surface area contributed by atoms with Gasteiger partial charge in [0.1, 0.15) is 5.65 Å². The highest BCUT2D eigenvalue weighted by atomic mass is 32.2. The van der Waals surface area contributed by atoms with Crippen molar-refractivity contribution in [3.63, 3.8) is 0 Å². The number of benzene rings is 3. The van der Waals surface area contributed by atoms with Gasteiger partial charge in [-0.3, -0.25) is 9.20 Å². The Morgan fingerprint density at radius 1 is 0.966 bits per heavy atom. The third kappa shape index (κ3) is 2.41. The molecule has 5 aromatic rings. The number of aromatic nitrogens is 2. The van der Waals surface area contributed by atoms with E-state index in [0.717, 1.165) is 21.7 Å². The van der Waals surface area contributed by atoms with Crippen LogP contribution >= 0.6 is 0 Å². The van der Waals surface area contributed by atoms with Gasteiger partial charge in [-0.15, -0.1) is 0 Å². The Morgan fingerprint density at radius 2 is 1.72 bits per heavy atom. The zero-order valence-electron chi connectivity index (χ0n) is 16.1. The van der Waals surface area contributed by atoms with Gasteiger partial charge in [-0.05, 0) is 29.7 Å². The summed E-state index contributed by atoms with van der Waals surface area (Å²) in [5, 5.41) is 2.69. The second-order valence-electron chi connectivity index (χ2n) is 7.03. The fourth-order valence-corrected chi connectivity index (χ4v) is 5.67. The predicted molar refractivity (Wildman–Crippen MR) is 115 cm³/mol. The van der Waals surface area contributed by atoms with E-state index < -0.39 is 10.0 Å². The molecule has 2 heterocycles. The molecule has 7 heteroatoms. The summed E-state index contributed by atoms with van der Waals surface area (Å²) in [5.41, 5.74) is 1.78. The topological polar surface area (TPSA) is 71.8 Å². The Kier molecular flexibility index (Phi) is 3.88. The Morgan fingerprint density at radius 3 is 2.48 bits per heavy atom. The average molecular weight is 405 g/mol. The van der Waals surface area contributed by atoms with Crippen LogP contribution in [0.4, 0.5) is 0 Å². The molecule has 0 saturated heterocycles. The molecule has 0 unspecified atom stereocenters. The van der Waals surface area contributed by atoms with Crippen molar-refractivity contribution < 1.29 is 8.42 Å². The van der Waals surface area contributed by atoms with Gasteiger partial charge in [0.2, 0.25) is 10.0 Å². The minimum atomic E-state index is -3.69. The smallest absolute Gasteiger partial charge is 0.264 e. The molecule has 5 rings (SSSR count). The lowest BCUT2D eigenvalue weighted by Gasteiger charge is -2.19. The van der Waals surface area contributed by atoms with Crippen molar-refractivity contribution in [1.82, 2.24) is 13.7 Å². The van der Waals surface area contributed by atoms with Gasteiger partial charge in [0.15, 0.2) is 0 Å². The predicted octanol–water partition coefficient (Wildman–Crippen LogP) is 3.62. The minimum Gasteiger partial charge on any atom is -0.268 e. The lowest BCUT2D eigenvalue weighted by atomic mass is 10.0. The maximum atomic E-state index is 13.5. The molecule has 3 aromatic carbocycles. The third-order valence-corrected chi connectivity index (χ3v) is 7.56. The van der Waals surface area contributed by atoms with Crippen LogP contribution in [0.3, 0.4) is 0 Å². The Labute approximate surface area is 167 Å². The summed E-state index contributed by atoms with van der Waals surface area (Å²) in [5.74, 6) is 0. The minimum absolute atomic E-state index is 0.141. The largest absolute Gasteiger partial charge is 0.268 e. The summed E-state index contributed by atoms with van der Waals surface area (Å²) in [7, 11) is -3.69. The van der Waals surface area contributed by atoms with Crippen molar-refractivity contribution in [3.8, 4) is 0 Å². The molecule has 0 saturated carbocycles. The molecule has 0 aliphatic heterocycles. The van der Waals surface area contributed by atoms with E-state index in [2.05, 4.69) is 4.98 Å². The van der Waals surface area contributed by atoms with Crippen LogP contribution in [-0.2, 0) is 10.0 Å². The van der Waals surface area contributed by atoms with E-state index in [4.69, 9.17) is 0 Å². The van der Waals surface area contributed by atoms with Crippen molar-refractivity contribution in [2.24, 2.45) is 0 Å². The molecular formula is C22H19N3O3S. The van der Waals surface area contributed by atoms with Crippen molar-refractivity contribution in [2.75, 3.05) is 13.1 Å². The maximum Gasteiger partial charge on any atom is 0.264 e. The molecule has 0 aliphatic rings. The molecule has 6 nitrogen and oxygen atoms in total. The van der Waals surface area contributed by atoms with Gasteiger partial charge in [-0.1, -0.05) is 44.2 Å². The molecule has 0 amide bonds. The number of rotatable bonds is 4. The van der Waals surface area contributed by atoms with Crippen molar-refractivity contribution >= 4 is 48.2 Å². The van der Waals surface area contributed by atoms with Crippen molar-refractivity contribution in [1.29, 1.82) is 0 Å². The van der Waals surface area contributed by atoms with E-state index in [1.54, 1.807) is 24.3 Å². The van der Waals surface area contributed by atoms with Gasteiger partial charge in [-0.25, -0.2) is 13.4 Å². The normalized spacial score (nSPS) is 12.8. The number of hydrogen-bond acceptors (Lipinski definition) is 4. The fourth-order valence-electron chi connectivity index (χ4n) is 4.15. The molecule has 0 aliphatic carbocycles. The summed E-state index contributed by atoms with van der Waals surface area (Å²) in [6, 6.07) is 16.3. The Bertz CT molecular complexity index is 1570. The number of fused-ring (bicyclic) bond motifs is 4. The molecule has 29 heavy (non-hydrogen) atoms. The van der Waals surface area contributed by atoms with E-state index in [1.807, 2.05) is 42.5 Å². The van der Waals surface area contributed by atoms with Gasteiger partial charge in [0, 0.05) is 23.9 Å². The van der Waals surface area contributed by atoms with E-state index in [0.29, 0.717) is 29.6 Å². The monoisotopic (exact) mass is 405 g/mol. The van der Waals surface area contributed by atoms with E-state index >= 15 is 0 Å². The second kappa shape index (κ2) is 6.23. The van der Waals surface area contributed by atoms with Crippen LogP contribution in [0.2, 0.25) is 0 Å². The molecule has 0 N–H and O–H groups in total. The quantitative estimate of drug-likeness (QED) is 0.458. The van der Waals surface area contributed by atoms with Crippen LogP contribution < -0.4 is 5.56 Å². The first kappa shape index (κ1) is 18.0. The fraction of sp³-hybridized carbons (Fsp3) is 0.182. The standard InChI is InChI=1S/C22H19N3O3S/c1-3-24(4-2)29(27,28)15-12-14-8-7-9-16-20(14)17(13-15)22(26)25-19-11-6-5-10-18(19)23-21(16)25/h5-13H,3-4H2,1-2H3. The van der Waals surface area contributed by atoms with E-state index in [-0.39, 0.29) is 10.5 Å². The van der Waals surface area contributed by atoms with Crippen LogP contribution in [0.25, 0.3) is 38.2 Å². The van der Waals surface area contributed by atoms with Crippen LogP contribution in [0.15, 0.2) is 64.3 Å². The number of sulfonamides is 1. The van der Waals surface area contributed by atoms with Gasteiger partial charge >= 0.3 is 0 Å². The highest BCUT2D eigenvalue weighted by Crippen LogP contribution is 2.32. The molecule has 146 valence electrons. The molecule has 0 fully saturated rings. The lowest BCUT2D eigenvalue weighted by molar-refractivity contribution is 0.445. The maximum absolute atomic E-state index is 13.5. The zero-order chi connectivity index (χ0) is 20.3. The number of pyridine rings is 1. The molecule has 0 radical (unpaired) electrons. The summed E-state index contributed by atoms with van der Waals surface area (Å²) in [4.78, 5) is 18.3. The van der Waals surface area contributed by atoms with Gasteiger partial charge < -0.3 is 0 Å². The summed E-state index contributed by atoms with van der Waals surface area (Å²) >= 11 is 0. The first-order chi connectivity index (χ1) is 14.0. The molecule has 0 spiro atoms. The summed E-state index contributed by atoms with van der Waals surface area (Å²) in [6.07, 6.45) is 0. The Hall–Kier alpha value is -3.03. The van der Waals surface area contributed by atoms with Crippen LogP contribution in [-0.4, -0.2) is 35.2 Å². The number of imidazole rings is 1. The van der Waals surface area contributed by atoms with Crippen LogP contribution in [0.5, 0.6) is 0 Å². The van der Waals surface area contributed by atoms with E-state index in [9.17, 15) is 13.2 Å². The average Bonchev–Trinajstić information content (AvgIpc) is 3.12. The first-order valence-electron chi connectivity index (χ1n) is 9.56. The Balaban J connectivity index is 1.99. The summed E-state index contributed by atoms with van der Waals surface area (Å²) < 4.78 is 29.2. The van der Waals surface area contributed by atoms with Crippen molar-refractivity contribution in [2.45, 2.75) is 18.7 Å². The molecule has 0 bridgehead atoms. The van der Waals surface area contributed by atoms with Gasteiger partial charge in [0.05, 0.1) is 21.3 Å². The molecular weight excluding hydrogens is 386 g/mol. The van der Waals surface area contributed by atoms with E-state index in [1.165, 1.54) is 10.4 Å². The number of hydrogen-bond donors (Lipinski definition) is 0. The van der Waals surface area contributed by atoms with Gasteiger partial charge in [0.25, 0.3) is 5.56 Å². The zero-order valence-corrected chi connectivity index (χ0v) is 16.9. The number of para-hydroxylation sites is 2. The first-order valence-corrected chi connectivity index (χ1v) is 11.0. The van der Waals surface area contributed by atoms with Crippen LogP contribution in [0.1, 0.15) is 13.8 Å².